The SMILES string of the molecule is c1cc2ccc3ccc(-c4ccc(-c5ccc(-c6ccc7sc8ccc(-c9ccc%10ccc%11cccc%12ccc9c%10c%11%12)cc8c7c6)cc5)cc4)c4ccc(c1)c2c34. The van der Waals surface area contributed by atoms with Crippen LogP contribution in [0.5, 0.6) is 0 Å². The fraction of sp³-hybridized carbons (Fsp3) is 0. The van der Waals surface area contributed by atoms with Crippen molar-refractivity contribution in [3.05, 3.63) is 194 Å². The number of rotatable bonds is 4. The van der Waals surface area contributed by atoms with Crippen molar-refractivity contribution in [2.75, 3.05) is 0 Å². The van der Waals surface area contributed by atoms with Crippen molar-refractivity contribution in [3.63, 3.8) is 0 Å². The molecule has 0 aliphatic rings. The lowest BCUT2D eigenvalue weighted by atomic mass is 9.89. The predicted molar refractivity (Wildman–Crippen MR) is 248 cm³/mol. The number of hydrogen-bond acceptors (Lipinski definition) is 1. The molecule has 0 unspecified atom stereocenters. The van der Waals surface area contributed by atoms with Crippen LogP contribution < -0.4 is 0 Å². The number of benzene rings is 12. The van der Waals surface area contributed by atoms with Gasteiger partial charge in [-0.1, -0.05) is 170 Å². The summed E-state index contributed by atoms with van der Waals surface area (Å²) in [5.74, 6) is 0. The summed E-state index contributed by atoms with van der Waals surface area (Å²) in [6.45, 7) is 0. The first-order valence-electron chi connectivity index (χ1n) is 19.7. The van der Waals surface area contributed by atoms with Gasteiger partial charge >= 0.3 is 0 Å². The summed E-state index contributed by atoms with van der Waals surface area (Å²) in [4.78, 5) is 0. The average molecular weight is 737 g/mol. The second-order valence-corrected chi connectivity index (χ2v) is 16.7. The molecule has 0 N–H and O–H groups in total. The average Bonchev–Trinajstić information content (AvgIpc) is 3.65. The highest BCUT2D eigenvalue weighted by molar-refractivity contribution is 7.25. The van der Waals surface area contributed by atoms with E-state index in [4.69, 9.17) is 0 Å². The van der Waals surface area contributed by atoms with Gasteiger partial charge in [0.25, 0.3) is 0 Å². The monoisotopic (exact) mass is 736 g/mol. The van der Waals surface area contributed by atoms with Gasteiger partial charge < -0.3 is 0 Å². The highest BCUT2D eigenvalue weighted by atomic mass is 32.1. The van der Waals surface area contributed by atoms with Crippen LogP contribution in [0.3, 0.4) is 0 Å². The van der Waals surface area contributed by atoms with Gasteiger partial charge in [-0.15, -0.1) is 11.3 Å². The molecule has 0 aliphatic heterocycles. The zero-order chi connectivity index (χ0) is 37.2. The van der Waals surface area contributed by atoms with Crippen molar-refractivity contribution in [1.82, 2.24) is 0 Å². The van der Waals surface area contributed by atoms with Gasteiger partial charge in [0, 0.05) is 20.2 Å². The Morgan fingerprint density at radius 3 is 1.09 bits per heavy atom. The molecule has 13 rings (SSSR count). The molecule has 13 aromatic rings. The first kappa shape index (κ1) is 31.2. The van der Waals surface area contributed by atoms with E-state index >= 15 is 0 Å². The van der Waals surface area contributed by atoms with Crippen LogP contribution in [-0.4, -0.2) is 0 Å². The van der Waals surface area contributed by atoms with Crippen LogP contribution in [0.4, 0.5) is 0 Å². The number of fused-ring (bicyclic) bond motifs is 3. The van der Waals surface area contributed by atoms with Gasteiger partial charge in [-0.3, -0.25) is 0 Å². The Morgan fingerprint density at radius 1 is 0.228 bits per heavy atom. The van der Waals surface area contributed by atoms with Crippen molar-refractivity contribution in [1.29, 1.82) is 0 Å². The third kappa shape index (κ3) is 4.61. The largest absolute Gasteiger partial charge is 0.135 e. The summed E-state index contributed by atoms with van der Waals surface area (Å²) in [6.07, 6.45) is 0. The maximum Gasteiger partial charge on any atom is 0.0355 e. The van der Waals surface area contributed by atoms with Crippen LogP contribution in [0.2, 0.25) is 0 Å². The zero-order valence-corrected chi connectivity index (χ0v) is 31.7. The fourth-order valence-electron chi connectivity index (χ4n) is 9.80. The van der Waals surface area contributed by atoms with Crippen LogP contribution >= 0.6 is 11.3 Å². The minimum atomic E-state index is 1.22. The lowest BCUT2D eigenvalue weighted by Crippen LogP contribution is -1.87. The molecule has 0 saturated heterocycles. The smallest absolute Gasteiger partial charge is 0.0355 e. The third-order valence-electron chi connectivity index (χ3n) is 12.6. The molecule has 0 aliphatic carbocycles. The Hall–Kier alpha value is -7.06. The van der Waals surface area contributed by atoms with Crippen LogP contribution in [-0.2, 0) is 0 Å². The maximum atomic E-state index is 2.42. The quantitative estimate of drug-likeness (QED) is 0.158. The van der Waals surface area contributed by atoms with Crippen LogP contribution in [0, 0.1) is 0 Å². The lowest BCUT2D eigenvalue weighted by Gasteiger charge is -2.14. The standard InChI is InChI=1S/C56H32S/c1-3-37-15-17-41-19-25-45(47-27-21-39(5-1)53(37)55(41)47)36-13-11-34(12-14-36)33-7-9-35(10-8-33)43-23-29-51-49(31-43)50-32-44(24-30-52(50)57-51)46-26-20-42-18-16-38-4-2-6-40-22-28-48(46)56(42)54(38)40/h1-32H. The first-order valence-corrected chi connectivity index (χ1v) is 20.5. The minimum Gasteiger partial charge on any atom is -0.135 e. The van der Waals surface area contributed by atoms with E-state index in [-0.39, 0.29) is 0 Å². The summed E-state index contributed by atoms with van der Waals surface area (Å²) >= 11 is 1.88. The first-order chi connectivity index (χ1) is 28.2. The Labute approximate surface area is 333 Å². The zero-order valence-electron chi connectivity index (χ0n) is 30.9. The Bertz CT molecular complexity index is 3680. The molecule has 1 heterocycles. The van der Waals surface area contributed by atoms with E-state index in [1.54, 1.807) is 0 Å². The van der Waals surface area contributed by atoms with Gasteiger partial charge in [0.2, 0.25) is 0 Å². The van der Waals surface area contributed by atoms with Gasteiger partial charge in [0.15, 0.2) is 0 Å². The van der Waals surface area contributed by atoms with E-state index in [1.165, 1.54) is 129 Å². The molecule has 0 spiro atoms. The molecule has 0 saturated carbocycles. The molecule has 262 valence electrons. The predicted octanol–water partition coefficient (Wildman–Crippen LogP) is 16.5. The Kier molecular flexibility index (Phi) is 6.41. The summed E-state index contributed by atoms with van der Waals surface area (Å²) in [7, 11) is 0. The molecular formula is C56H32S. The van der Waals surface area contributed by atoms with Gasteiger partial charge in [-0.25, -0.2) is 0 Å². The number of thiophene rings is 1. The van der Waals surface area contributed by atoms with Crippen LogP contribution in [0.25, 0.3) is 129 Å². The summed E-state index contributed by atoms with van der Waals surface area (Å²) in [5.41, 5.74) is 9.99. The Morgan fingerprint density at radius 2 is 0.579 bits per heavy atom. The van der Waals surface area contributed by atoms with Crippen molar-refractivity contribution < 1.29 is 0 Å². The second kappa shape index (κ2) is 11.7. The van der Waals surface area contributed by atoms with Gasteiger partial charge in [-0.2, -0.15) is 0 Å². The van der Waals surface area contributed by atoms with Crippen molar-refractivity contribution in [2.45, 2.75) is 0 Å². The molecule has 0 atom stereocenters. The van der Waals surface area contributed by atoms with Crippen LogP contribution in [0.1, 0.15) is 0 Å². The molecule has 1 aromatic heterocycles. The number of hydrogen-bond donors (Lipinski definition) is 0. The van der Waals surface area contributed by atoms with Gasteiger partial charge in [0.1, 0.15) is 0 Å². The summed E-state index contributed by atoms with van der Waals surface area (Å²) in [6, 6.07) is 72.8. The van der Waals surface area contributed by atoms with E-state index in [0.29, 0.717) is 0 Å². The van der Waals surface area contributed by atoms with Gasteiger partial charge in [-0.05, 0) is 133 Å². The van der Waals surface area contributed by atoms with E-state index in [9.17, 15) is 0 Å². The normalized spacial score (nSPS) is 12.2. The van der Waals surface area contributed by atoms with E-state index in [1.807, 2.05) is 11.3 Å². The lowest BCUT2D eigenvalue weighted by molar-refractivity contribution is 1.60. The van der Waals surface area contributed by atoms with E-state index in [2.05, 4.69) is 194 Å². The highest BCUT2D eigenvalue weighted by Gasteiger charge is 2.15. The summed E-state index contributed by atoms with van der Waals surface area (Å²) in [5, 5.41) is 18.5. The maximum absolute atomic E-state index is 2.42. The van der Waals surface area contributed by atoms with Crippen LogP contribution in [0.15, 0.2) is 194 Å². The molecule has 0 radical (unpaired) electrons. The molecule has 0 nitrogen and oxygen atoms in total. The van der Waals surface area contributed by atoms with Crippen molar-refractivity contribution >= 4 is 96.1 Å². The van der Waals surface area contributed by atoms with Crippen molar-refractivity contribution in [2.24, 2.45) is 0 Å². The molecule has 0 fully saturated rings. The molecule has 1 heteroatoms. The Balaban J connectivity index is 0.839. The second-order valence-electron chi connectivity index (χ2n) is 15.6. The third-order valence-corrected chi connectivity index (χ3v) is 13.7. The van der Waals surface area contributed by atoms with E-state index in [0.717, 1.165) is 0 Å². The van der Waals surface area contributed by atoms with E-state index < -0.39 is 0 Å². The fourth-order valence-corrected chi connectivity index (χ4v) is 10.9. The van der Waals surface area contributed by atoms with Crippen molar-refractivity contribution in [3.8, 4) is 44.5 Å². The highest BCUT2D eigenvalue weighted by Crippen LogP contribution is 2.43. The topological polar surface area (TPSA) is 0 Å². The minimum absolute atomic E-state index is 1.22. The van der Waals surface area contributed by atoms with Gasteiger partial charge in [0.05, 0.1) is 0 Å². The summed E-state index contributed by atoms with van der Waals surface area (Å²) < 4.78 is 2.65. The molecular weight excluding hydrogens is 705 g/mol. The molecule has 0 amide bonds. The molecule has 57 heavy (non-hydrogen) atoms. The molecule has 12 aromatic carbocycles. The molecule has 0 bridgehead atoms.